The molecule has 0 saturated carbocycles. The topological polar surface area (TPSA) is 74.4 Å². The second-order valence-corrected chi connectivity index (χ2v) is 6.30. The molecule has 0 saturated heterocycles. The number of hydrogen-bond donors (Lipinski definition) is 0. The van der Waals surface area contributed by atoms with Gasteiger partial charge in [-0.25, -0.2) is 15.0 Å². The number of ether oxygens (including phenoxy) is 2. The van der Waals surface area contributed by atoms with Gasteiger partial charge in [0, 0.05) is 29.7 Å². The van der Waals surface area contributed by atoms with E-state index < -0.39 is 0 Å². The molecular weight excluding hydrogens is 342 g/mol. The summed E-state index contributed by atoms with van der Waals surface area (Å²) in [5, 5.41) is 0. The van der Waals surface area contributed by atoms with Crippen LogP contribution in [-0.4, -0.2) is 37.6 Å². The Morgan fingerprint density at radius 2 is 1.74 bits per heavy atom. The molecule has 3 aromatic heterocycles. The zero-order valence-corrected chi connectivity index (χ0v) is 15.3. The Hall–Kier alpha value is -3.48. The smallest absolute Gasteiger partial charge is 0.316 e. The van der Waals surface area contributed by atoms with Gasteiger partial charge in [0.05, 0.1) is 37.0 Å². The normalized spacial score (nSPS) is 11.1. The van der Waals surface area contributed by atoms with Crippen molar-refractivity contribution < 1.29 is 9.47 Å². The van der Waals surface area contributed by atoms with Crippen molar-refractivity contribution in [2.75, 3.05) is 7.11 Å². The highest BCUT2D eigenvalue weighted by atomic mass is 16.5. The lowest BCUT2D eigenvalue weighted by Crippen LogP contribution is -2.05. The van der Waals surface area contributed by atoms with Crippen molar-refractivity contribution in [1.29, 1.82) is 0 Å². The molecule has 136 valence electrons. The van der Waals surface area contributed by atoms with Crippen LogP contribution < -0.4 is 9.47 Å². The lowest BCUT2D eigenvalue weighted by Gasteiger charge is -2.11. The van der Waals surface area contributed by atoms with Crippen LogP contribution in [0.2, 0.25) is 0 Å². The highest BCUT2D eigenvalue weighted by Gasteiger charge is 2.10. The summed E-state index contributed by atoms with van der Waals surface area (Å²) in [6.45, 7) is 4.01. The van der Waals surface area contributed by atoms with Gasteiger partial charge < -0.3 is 9.47 Å². The molecule has 0 aliphatic carbocycles. The maximum atomic E-state index is 5.79. The molecule has 3 heterocycles. The molecular formula is C20H19N5O2. The largest absolute Gasteiger partial charge is 0.491 e. The van der Waals surface area contributed by atoms with Crippen molar-refractivity contribution >= 4 is 5.65 Å². The molecule has 0 amide bonds. The van der Waals surface area contributed by atoms with Crippen molar-refractivity contribution in [2.45, 2.75) is 20.0 Å². The molecule has 0 fully saturated rings. The SMILES string of the molecule is COc1ncc(-c2cnc3cnc(-c4cccc(OC(C)C)c4)cn23)cn1. The van der Waals surface area contributed by atoms with Gasteiger partial charge >= 0.3 is 6.01 Å². The van der Waals surface area contributed by atoms with E-state index in [4.69, 9.17) is 9.47 Å². The van der Waals surface area contributed by atoms with E-state index in [9.17, 15) is 0 Å². The van der Waals surface area contributed by atoms with Gasteiger partial charge in [0.2, 0.25) is 0 Å². The molecule has 0 atom stereocenters. The van der Waals surface area contributed by atoms with Gasteiger partial charge in [-0.15, -0.1) is 0 Å². The van der Waals surface area contributed by atoms with E-state index in [0.29, 0.717) is 6.01 Å². The average molecular weight is 361 g/mol. The van der Waals surface area contributed by atoms with E-state index in [2.05, 4.69) is 19.9 Å². The Balaban J connectivity index is 1.75. The summed E-state index contributed by atoms with van der Waals surface area (Å²) < 4.78 is 12.8. The Morgan fingerprint density at radius 3 is 2.48 bits per heavy atom. The minimum Gasteiger partial charge on any atom is -0.491 e. The summed E-state index contributed by atoms with van der Waals surface area (Å²) >= 11 is 0. The van der Waals surface area contributed by atoms with E-state index in [1.807, 2.05) is 48.7 Å². The molecule has 4 aromatic rings. The maximum Gasteiger partial charge on any atom is 0.316 e. The fraction of sp³-hybridized carbons (Fsp3) is 0.200. The number of benzene rings is 1. The van der Waals surface area contributed by atoms with Crippen LogP contribution in [0.25, 0.3) is 28.2 Å². The van der Waals surface area contributed by atoms with Crippen LogP contribution in [0.4, 0.5) is 0 Å². The highest BCUT2D eigenvalue weighted by molar-refractivity contribution is 5.66. The monoisotopic (exact) mass is 361 g/mol. The van der Waals surface area contributed by atoms with E-state index in [0.717, 1.165) is 33.9 Å². The highest BCUT2D eigenvalue weighted by Crippen LogP contribution is 2.26. The molecule has 0 aliphatic rings. The van der Waals surface area contributed by atoms with Gasteiger partial charge in [-0.3, -0.25) is 9.38 Å². The first kappa shape index (κ1) is 17.0. The first-order chi connectivity index (χ1) is 13.1. The van der Waals surface area contributed by atoms with Crippen LogP contribution in [0.5, 0.6) is 11.8 Å². The molecule has 7 heteroatoms. The van der Waals surface area contributed by atoms with Crippen molar-refractivity contribution in [3.63, 3.8) is 0 Å². The second-order valence-electron chi connectivity index (χ2n) is 6.30. The standard InChI is InChI=1S/C20H19N5O2/c1-13(2)27-16-6-4-5-14(7-16)17-12-25-18(10-22-19(25)11-21-17)15-8-23-20(26-3)24-9-15/h4-13H,1-3H3. The number of fused-ring (bicyclic) bond motifs is 1. The van der Waals surface area contributed by atoms with Crippen LogP contribution >= 0.6 is 0 Å². The van der Waals surface area contributed by atoms with Gasteiger partial charge in [-0.05, 0) is 26.0 Å². The predicted molar refractivity (Wildman–Crippen MR) is 102 cm³/mol. The first-order valence-corrected chi connectivity index (χ1v) is 8.60. The number of rotatable bonds is 5. The van der Waals surface area contributed by atoms with Crippen molar-refractivity contribution in [3.05, 3.63) is 55.2 Å². The van der Waals surface area contributed by atoms with Crippen LogP contribution in [-0.2, 0) is 0 Å². The van der Waals surface area contributed by atoms with E-state index >= 15 is 0 Å². The third kappa shape index (κ3) is 3.44. The maximum absolute atomic E-state index is 5.79. The molecule has 0 aliphatic heterocycles. The van der Waals surface area contributed by atoms with Gasteiger partial charge in [0.25, 0.3) is 0 Å². The summed E-state index contributed by atoms with van der Waals surface area (Å²) in [7, 11) is 1.54. The molecule has 0 radical (unpaired) electrons. The minimum atomic E-state index is 0.117. The van der Waals surface area contributed by atoms with Gasteiger partial charge in [0.1, 0.15) is 5.75 Å². The zero-order valence-electron chi connectivity index (χ0n) is 15.3. The average Bonchev–Trinajstić information content (AvgIpc) is 3.11. The van der Waals surface area contributed by atoms with Gasteiger partial charge in [-0.1, -0.05) is 12.1 Å². The van der Waals surface area contributed by atoms with E-state index in [1.54, 1.807) is 24.8 Å². The van der Waals surface area contributed by atoms with Gasteiger partial charge in [0.15, 0.2) is 5.65 Å². The van der Waals surface area contributed by atoms with Crippen LogP contribution in [0, 0.1) is 0 Å². The van der Waals surface area contributed by atoms with Crippen LogP contribution in [0.15, 0.2) is 55.2 Å². The molecule has 27 heavy (non-hydrogen) atoms. The first-order valence-electron chi connectivity index (χ1n) is 8.60. The van der Waals surface area contributed by atoms with Crippen molar-refractivity contribution in [1.82, 2.24) is 24.3 Å². The Morgan fingerprint density at radius 1 is 0.926 bits per heavy atom. The van der Waals surface area contributed by atoms with Crippen LogP contribution in [0.3, 0.4) is 0 Å². The van der Waals surface area contributed by atoms with Crippen molar-refractivity contribution in [2.24, 2.45) is 0 Å². The molecule has 0 unspecified atom stereocenters. The minimum absolute atomic E-state index is 0.117. The summed E-state index contributed by atoms with van der Waals surface area (Å²) in [6, 6.07) is 8.23. The molecule has 7 nitrogen and oxygen atoms in total. The number of hydrogen-bond acceptors (Lipinski definition) is 6. The quantitative estimate of drug-likeness (QED) is 0.540. The number of imidazole rings is 1. The third-order valence-electron chi connectivity index (χ3n) is 4.00. The predicted octanol–water partition coefficient (Wildman–Crippen LogP) is 3.65. The fourth-order valence-electron chi connectivity index (χ4n) is 2.81. The summed E-state index contributed by atoms with van der Waals surface area (Å²) in [6.07, 6.45) is 9.03. The Labute approximate surface area is 156 Å². The molecule has 0 spiro atoms. The van der Waals surface area contributed by atoms with Crippen molar-refractivity contribution in [3.8, 4) is 34.3 Å². The Kier molecular flexibility index (Phi) is 4.42. The summed E-state index contributed by atoms with van der Waals surface area (Å²) in [5.74, 6) is 0.818. The summed E-state index contributed by atoms with van der Waals surface area (Å²) in [5.41, 5.74) is 4.27. The zero-order chi connectivity index (χ0) is 18.8. The van der Waals surface area contributed by atoms with Crippen LogP contribution in [0.1, 0.15) is 13.8 Å². The van der Waals surface area contributed by atoms with Gasteiger partial charge in [-0.2, -0.15) is 0 Å². The summed E-state index contributed by atoms with van der Waals surface area (Å²) in [4.78, 5) is 17.3. The lowest BCUT2D eigenvalue weighted by atomic mass is 10.1. The number of nitrogens with zero attached hydrogens (tertiary/aromatic N) is 5. The molecule has 4 rings (SSSR count). The molecule has 0 bridgehead atoms. The molecule has 1 aromatic carbocycles. The second kappa shape index (κ2) is 7.03. The fourth-order valence-corrected chi connectivity index (χ4v) is 2.81. The number of aromatic nitrogens is 5. The lowest BCUT2D eigenvalue weighted by molar-refractivity contribution is 0.242. The Bertz CT molecular complexity index is 1070. The number of methoxy groups -OCH3 is 1. The molecule has 0 N–H and O–H groups in total. The van der Waals surface area contributed by atoms with E-state index in [-0.39, 0.29) is 6.10 Å². The third-order valence-corrected chi connectivity index (χ3v) is 4.00. The van der Waals surface area contributed by atoms with E-state index in [1.165, 1.54) is 7.11 Å².